The maximum absolute atomic E-state index is 14.6. The van der Waals surface area contributed by atoms with Gasteiger partial charge in [0.25, 0.3) is 0 Å². The summed E-state index contributed by atoms with van der Waals surface area (Å²) in [5.41, 5.74) is -4.50. The topological polar surface area (TPSA) is 197 Å². The van der Waals surface area contributed by atoms with E-state index in [4.69, 9.17) is 28.4 Å². The third kappa shape index (κ3) is 10.4. The molecule has 14 nitrogen and oxygen atoms in total. The van der Waals surface area contributed by atoms with E-state index in [1.807, 2.05) is 27.8 Å². The third-order valence-corrected chi connectivity index (χ3v) is 13.3. The Morgan fingerprint density at radius 2 is 1.46 bits per heavy atom. The van der Waals surface area contributed by atoms with E-state index in [0.29, 0.717) is 12.0 Å². The van der Waals surface area contributed by atoms with Gasteiger partial charge in [0.05, 0.1) is 53.7 Å². The summed E-state index contributed by atoms with van der Waals surface area (Å²) in [6.45, 7) is 19.1. The number of ether oxygens (including phenoxy) is 6. The molecule has 8 unspecified atom stereocenters. The van der Waals surface area contributed by atoms with Crippen molar-refractivity contribution in [3.8, 4) is 0 Å². The van der Waals surface area contributed by atoms with Crippen LogP contribution >= 0.6 is 0 Å². The number of carbonyl (C=O) groups is 1. The Hall–Kier alpha value is -1.79. The van der Waals surface area contributed by atoms with Gasteiger partial charge in [-0.25, -0.2) is 0 Å². The van der Waals surface area contributed by atoms with Crippen LogP contribution in [0.25, 0.3) is 0 Å². The van der Waals surface area contributed by atoms with Crippen LogP contribution in [0, 0.1) is 23.7 Å². The summed E-state index contributed by atoms with van der Waals surface area (Å²) in [4.78, 5) is 16.6. The lowest BCUT2D eigenvalue weighted by Crippen LogP contribution is -2.61. The number of cyclic esters (lactones) is 1. The highest BCUT2D eigenvalue weighted by molar-refractivity contribution is 5.73. The van der Waals surface area contributed by atoms with E-state index in [2.05, 4.69) is 4.90 Å². The fraction of sp³-hybridized carbons (Fsp3) is 0.837. The molecule has 0 saturated carbocycles. The fourth-order valence-corrected chi connectivity index (χ4v) is 9.34. The second kappa shape index (κ2) is 18.9. The average Bonchev–Trinajstić information content (AvgIpc) is 3.15. The molecule has 19 atom stereocenters. The summed E-state index contributed by atoms with van der Waals surface area (Å²) < 4.78 is 37.9. The van der Waals surface area contributed by atoms with Crippen LogP contribution in [-0.2, 0) is 33.2 Å². The van der Waals surface area contributed by atoms with E-state index in [1.54, 1.807) is 78.8 Å². The van der Waals surface area contributed by atoms with Gasteiger partial charge in [-0.05, 0) is 86.8 Å². The van der Waals surface area contributed by atoms with E-state index >= 15 is 0 Å². The Kier molecular flexibility index (Phi) is 15.8. The molecule has 0 spiro atoms. The lowest BCUT2D eigenvalue weighted by Gasteiger charge is -2.49. The molecule has 57 heavy (non-hydrogen) atoms. The number of aliphatic hydroxyl groups excluding tert-OH is 4. The molecule has 3 heterocycles. The van der Waals surface area contributed by atoms with Crippen LogP contribution < -0.4 is 0 Å². The molecule has 1 aromatic rings. The normalized spacial score (nSPS) is 47.1. The molecule has 4 rings (SSSR count). The largest absolute Gasteiger partial charge is 0.454 e. The zero-order valence-electron chi connectivity index (χ0n) is 36.3. The standard InChI is InChI=1S/C43H73NO13/c1-22(2)44(12)30-19-24(4)53-40(33(30)46)57-37-26(6)34(55-31-21-42(10,52-13)36(48)28(8)54-31)27(7)39(49)56-38(29-17-15-14-16-18-29)43(11,51)35(47)25(5)32(45)23(3)20-41(37,9)50/h14-18,22-28,30-38,40,45-48,50-51H,19-21H2,1-13H3/t23-,24?,25+,26+,27-,28?,30?,31?,32+,33?,34+,35-,36?,37-,38-,40?,41-,42?,43+/m1/s1. The summed E-state index contributed by atoms with van der Waals surface area (Å²) in [5, 5.41) is 71.0. The van der Waals surface area contributed by atoms with Crippen molar-refractivity contribution in [3.63, 3.8) is 0 Å². The second-order valence-corrected chi connectivity index (χ2v) is 18.4. The molecule has 3 aliphatic heterocycles. The number of esters is 1. The Morgan fingerprint density at radius 3 is 2.04 bits per heavy atom. The predicted octanol–water partition coefficient (Wildman–Crippen LogP) is 3.32. The molecule has 3 fully saturated rings. The maximum atomic E-state index is 14.6. The van der Waals surface area contributed by atoms with E-state index in [1.165, 1.54) is 14.0 Å². The van der Waals surface area contributed by atoms with E-state index in [-0.39, 0.29) is 31.0 Å². The third-order valence-electron chi connectivity index (χ3n) is 13.3. The number of hydrogen-bond donors (Lipinski definition) is 6. The number of aliphatic hydroxyl groups is 6. The molecule has 0 amide bonds. The summed E-state index contributed by atoms with van der Waals surface area (Å²) in [5.74, 6) is -4.37. The highest BCUT2D eigenvalue weighted by atomic mass is 16.7. The molecule has 328 valence electrons. The Morgan fingerprint density at radius 1 is 0.842 bits per heavy atom. The van der Waals surface area contributed by atoms with Crippen molar-refractivity contribution in [3.05, 3.63) is 35.9 Å². The number of benzene rings is 1. The van der Waals surface area contributed by atoms with Gasteiger partial charge in [0.15, 0.2) is 18.7 Å². The summed E-state index contributed by atoms with van der Waals surface area (Å²) in [6, 6.07) is 8.37. The van der Waals surface area contributed by atoms with Crippen molar-refractivity contribution in [2.24, 2.45) is 23.7 Å². The van der Waals surface area contributed by atoms with Crippen LogP contribution in [-0.4, -0.2) is 146 Å². The number of methoxy groups -OCH3 is 1. The van der Waals surface area contributed by atoms with Crippen molar-refractivity contribution in [1.29, 1.82) is 0 Å². The first-order chi connectivity index (χ1) is 26.4. The molecule has 0 aromatic heterocycles. The highest BCUT2D eigenvalue weighted by Crippen LogP contribution is 2.43. The Labute approximate surface area is 339 Å². The van der Waals surface area contributed by atoms with Crippen LogP contribution in [0.3, 0.4) is 0 Å². The van der Waals surface area contributed by atoms with Gasteiger partial charge in [-0.3, -0.25) is 9.69 Å². The molecule has 0 aliphatic carbocycles. The Bertz CT molecular complexity index is 1430. The summed E-state index contributed by atoms with van der Waals surface area (Å²) in [6.07, 6.45) is -11.3. The molecule has 14 heteroatoms. The molecule has 3 saturated heterocycles. The van der Waals surface area contributed by atoms with Crippen molar-refractivity contribution in [1.82, 2.24) is 4.90 Å². The van der Waals surface area contributed by atoms with E-state index in [0.717, 1.165) is 0 Å². The van der Waals surface area contributed by atoms with Gasteiger partial charge in [0, 0.05) is 37.5 Å². The predicted molar refractivity (Wildman–Crippen MR) is 212 cm³/mol. The minimum Gasteiger partial charge on any atom is -0.454 e. The van der Waals surface area contributed by atoms with Gasteiger partial charge in [0.1, 0.15) is 17.8 Å². The fourth-order valence-electron chi connectivity index (χ4n) is 9.34. The number of likely N-dealkylation sites (N-methyl/N-ethyl adjacent to an activating group) is 1. The minimum absolute atomic E-state index is 0.0609. The van der Waals surface area contributed by atoms with Crippen molar-refractivity contribution in [2.45, 2.75) is 192 Å². The van der Waals surface area contributed by atoms with Gasteiger partial charge in [-0.1, -0.05) is 51.1 Å². The average molecular weight is 812 g/mol. The Balaban J connectivity index is 1.87. The number of carbonyl (C=O) groups excluding carboxylic acids is 1. The van der Waals surface area contributed by atoms with Crippen LogP contribution in [0.15, 0.2) is 30.3 Å². The van der Waals surface area contributed by atoms with Gasteiger partial charge >= 0.3 is 5.97 Å². The van der Waals surface area contributed by atoms with Crippen molar-refractivity contribution in [2.75, 3.05) is 14.2 Å². The number of hydrogen-bond acceptors (Lipinski definition) is 14. The van der Waals surface area contributed by atoms with E-state index in [9.17, 15) is 35.4 Å². The van der Waals surface area contributed by atoms with Gasteiger partial charge < -0.3 is 59.1 Å². The monoisotopic (exact) mass is 812 g/mol. The zero-order chi connectivity index (χ0) is 42.9. The van der Waals surface area contributed by atoms with Crippen LogP contribution in [0.5, 0.6) is 0 Å². The molecule has 3 aliphatic rings. The molecule has 0 bridgehead atoms. The highest BCUT2D eigenvalue weighted by Gasteiger charge is 2.54. The van der Waals surface area contributed by atoms with Gasteiger partial charge in [0.2, 0.25) is 0 Å². The van der Waals surface area contributed by atoms with Crippen LogP contribution in [0.2, 0.25) is 0 Å². The molecular weight excluding hydrogens is 738 g/mol. The summed E-state index contributed by atoms with van der Waals surface area (Å²) in [7, 11) is 3.42. The first-order valence-electron chi connectivity index (χ1n) is 20.7. The lowest BCUT2D eigenvalue weighted by atomic mass is 9.73. The number of nitrogens with zero attached hydrogens (tertiary/aromatic N) is 1. The SMILES string of the molecule is COC1(C)CC(O[C@H]2[C@H](C)[C@@H](OC3OC(C)CC(N(C)C(C)C)C3O)[C@](C)(O)C[C@@H](C)[C@H](O)[C@H](C)[C@@H](O)[C@](C)(O)[C@@H](c3ccccc3)OC(=O)[C@@H]2C)OC(C)C1O. The van der Waals surface area contributed by atoms with Gasteiger partial charge in [-0.2, -0.15) is 0 Å². The molecule has 6 N–H and O–H groups in total. The molecular formula is C43H73NO13. The first-order valence-corrected chi connectivity index (χ1v) is 20.7. The zero-order valence-corrected chi connectivity index (χ0v) is 36.3. The second-order valence-electron chi connectivity index (χ2n) is 18.4. The molecule has 0 radical (unpaired) electrons. The van der Waals surface area contributed by atoms with Crippen LogP contribution in [0.4, 0.5) is 0 Å². The van der Waals surface area contributed by atoms with Crippen LogP contribution in [0.1, 0.15) is 107 Å². The first kappa shape index (κ1) is 47.9. The summed E-state index contributed by atoms with van der Waals surface area (Å²) >= 11 is 0. The number of rotatable bonds is 8. The quantitative estimate of drug-likeness (QED) is 0.209. The molecule has 1 aromatic carbocycles. The van der Waals surface area contributed by atoms with E-state index < -0.39 is 108 Å². The lowest BCUT2D eigenvalue weighted by molar-refractivity contribution is -0.319. The smallest absolute Gasteiger partial charge is 0.312 e. The van der Waals surface area contributed by atoms with Crippen molar-refractivity contribution < 1.29 is 63.9 Å². The maximum Gasteiger partial charge on any atom is 0.312 e. The minimum atomic E-state index is -2.08. The van der Waals surface area contributed by atoms with Crippen molar-refractivity contribution >= 4 is 5.97 Å². The van der Waals surface area contributed by atoms with Gasteiger partial charge in [-0.15, -0.1) is 0 Å².